The third kappa shape index (κ3) is 3.14. The molecule has 0 spiro atoms. The van der Waals surface area contributed by atoms with E-state index in [9.17, 15) is 0 Å². The number of ether oxygens (including phenoxy) is 4. The van der Waals surface area contributed by atoms with E-state index in [0.717, 1.165) is 25.9 Å². The zero-order valence-electron chi connectivity index (χ0n) is 13.6. The predicted octanol–water partition coefficient (Wildman–Crippen LogP) is 3.63. The molecule has 1 saturated carbocycles. The number of fused-ring (bicyclic) bond motifs is 2. The van der Waals surface area contributed by atoms with Gasteiger partial charge >= 0.3 is 0 Å². The maximum absolute atomic E-state index is 6.31. The molecule has 1 unspecified atom stereocenters. The molecule has 0 N–H and O–H groups in total. The number of hydrogen-bond acceptors (Lipinski definition) is 4. The molecule has 3 fully saturated rings. The van der Waals surface area contributed by atoms with Gasteiger partial charge in [-0.05, 0) is 32.1 Å². The lowest BCUT2D eigenvalue weighted by atomic mass is 9.90. The van der Waals surface area contributed by atoms with E-state index in [1.165, 1.54) is 32.1 Å². The van der Waals surface area contributed by atoms with Crippen LogP contribution in [-0.2, 0) is 18.9 Å². The highest BCUT2D eigenvalue weighted by Gasteiger charge is 2.59. The van der Waals surface area contributed by atoms with Gasteiger partial charge in [-0.25, -0.2) is 0 Å². The van der Waals surface area contributed by atoms with Crippen molar-refractivity contribution in [1.82, 2.24) is 0 Å². The van der Waals surface area contributed by atoms with Gasteiger partial charge in [0.05, 0.1) is 6.61 Å². The Kier molecular flexibility index (Phi) is 4.89. The van der Waals surface area contributed by atoms with E-state index in [-0.39, 0.29) is 6.10 Å². The second kappa shape index (κ2) is 6.53. The Morgan fingerprint density at radius 2 is 1.90 bits per heavy atom. The lowest BCUT2D eigenvalue weighted by Gasteiger charge is -2.42. The van der Waals surface area contributed by atoms with Crippen LogP contribution in [0.25, 0.3) is 0 Å². The van der Waals surface area contributed by atoms with Crippen molar-refractivity contribution >= 4 is 0 Å². The fraction of sp³-hybridized carbons (Fsp3) is 1.00. The van der Waals surface area contributed by atoms with Crippen LogP contribution in [0, 0.1) is 5.92 Å². The van der Waals surface area contributed by atoms with Crippen molar-refractivity contribution in [3.63, 3.8) is 0 Å². The van der Waals surface area contributed by atoms with Crippen LogP contribution >= 0.6 is 0 Å². The third-order valence-corrected chi connectivity index (χ3v) is 5.34. The van der Waals surface area contributed by atoms with E-state index in [2.05, 4.69) is 6.92 Å². The summed E-state index contributed by atoms with van der Waals surface area (Å²) in [5.74, 6) is -0.389. The minimum atomic E-state index is -0.583. The molecular weight excluding hydrogens is 268 g/mol. The van der Waals surface area contributed by atoms with Gasteiger partial charge in [0.1, 0.15) is 12.7 Å². The molecule has 3 rings (SSSR count). The summed E-state index contributed by atoms with van der Waals surface area (Å²) < 4.78 is 24.5. The molecule has 122 valence electrons. The summed E-state index contributed by atoms with van der Waals surface area (Å²) in [6, 6.07) is 0. The quantitative estimate of drug-likeness (QED) is 0.750. The minimum absolute atomic E-state index is 0.0430. The normalized spacial score (nSPS) is 40.6. The predicted molar refractivity (Wildman–Crippen MR) is 80.0 cm³/mol. The maximum Gasteiger partial charge on any atom is 0.197 e. The monoisotopic (exact) mass is 298 g/mol. The summed E-state index contributed by atoms with van der Waals surface area (Å²) in [4.78, 5) is 0. The van der Waals surface area contributed by atoms with E-state index in [4.69, 9.17) is 18.9 Å². The Hall–Kier alpha value is -0.160. The first-order valence-corrected chi connectivity index (χ1v) is 8.81. The molecule has 3 atom stereocenters. The first-order chi connectivity index (χ1) is 10.2. The molecule has 21 heavy (non-hydrogen) atoms. The van der Waals surface area contributed by atoms with Crippen LogP contribution in [0.1, 0.15) is 65.2 Å². The van der Waals surface area contributed by atoms with Gasteiger partial charge in [0, 0.05) is 19.4 Å². The van der Waals surface area contributed by atoms with Crippen molar-refractivity contribution in [3.8, 4) is 0 Å². The average molecular weight is 298 g/mol. The molecule has 0 radical (unpaired) electrons. The lowest BCUT2D eigenvalue weighted by Crippen LogP contribution is -2.52. The SMILES string of the molecule is CCO[C@@H]1CC[C@]2(OCC3CCCCC3)COC1(CC)O2. The number of rotatable bonds is 6. The van der Waals surface area contributed by atoms with Gasteiger partial charge in [-0.3, -0.25) is 0 Å². The average Bonchev–Trinajstić information content (AvgIpc) is 2.85. The summed E-state index contributed by atoms with van der Waals surface area (Å²) in [6.45, 7) is 6.21. The Morgan fingerprint density at radius 3 is 2.62 bits per heavy atom. The van der Waals surface area contributed by atoms with Gasteiger partial charge in [0.15, 0.2) is 11.6 Å². The van der Waals surface area contributed by atoms with Crippen LogP contribution < -0.4 is 0 Å². The molecule has 2 saturated heterocycles. The first kappa shape index (κ1) is 15.7. The van der Waals surface area contributed by atoms with E-state index in [1.54, 1.807) is 0 Å². The molecular formula is C17H30O4. The summed E-state index contributed by atoms with van der Waals surface area (Å²) >= 11 is 0. The molecule has 0 amide bonds. The van der Waals surface area contributed by atoms with E-state index in [1.807, 2.05) is 6.92 Å². The van der Waals surface area contributed by atoms with Gasteiger partial charge < -0.3 is 18.9 Å². The zero-order valence-corrected chi connectivity index (χ0v) is 13.6. The Balaban J connectivity index is 1.59. The molecule has 0 aromatic rings. The second-order valence-electron chi connectivity index (χ2n) is 6.76. The molecule has 0 aromatic carbocycles. The summed E-state index contributed by atoms with van der Waals surface area (Å²) in [7, 11) is 0. The highest BCUT2D eigenvalue weighted by molar-refractivity contribution is 4.96. The van der Waals surface area contributed by atoms with Crippen molar-refractivity contribution in [2.45, 2.75) is 82.9 Å². The van der Waals surface area contributed by atoms with Crippen LogP contribution in [0.15, 0.2) is 0 Å². The molecule has 4 nitrogen and oxygen atoms in total. The lowest BCUT2D eigenvalue weighted by molar-refractivity contribution is -0.329. The largest absolute Gasteiger partial charge is 0.373 e. The summed E-state index contributed by atoms with van der Waals surface area (Å²) in [5.41, 5.74) is 0. The summed E-state index contributed by atoms with van der Waals surface area (Å²) in [6.07, 6.45) is 9.39. The van der Waals surface area contributed by atoms with Gasteiger partial charge in [-0.15, -0.1) is 0 Å². The van der Waals surface area contributed by atoms with Crippen LogP contribution in [0.2, 0.25) is 0 Å². The van der Waals surface area contributed by atoms with E-state index < -0.39 is 11.6 Å². The van der Waals surface area contributed by atoms with Gasteiger partial charge in [0.2, 0.25) is 0 Å². The molecule has 2 bridgehead atoms. The van der Waals surface area contributed by atoms with Crippen molar-refractivity contribution in [1.29, 1.82) is 0 Å². The standard InChI is InChI=1S/C17H30O4/c1-3-17-15(18-4-2)10-11-16(21-17,13-20-17)19-12-14-8-6-5-7-9-14/h14-15H,3-13H2,1-2H3/t15-,16-,17?/m1/s1. The van der Waals surface area contributed by atoms with Crippen LogP contribution in [0.4, 0.5) is 0 Å². The Bertz CT molecular complexity index is 342. The molecule has 0 aromatic heterocycles. The maximum atomic E-state index is 6.31. The van der Waals surface area contributed by atoms with Crippen molar-refractivity contribution < 1.29 is 18.9 Å². The fourth-order valence-electron chi connectivity index (χ4n) is 4.04. The van der Waals surface area contributed by atoms with E-state index >= 15 is 0 Å². The first-order valence-electron chi connectivity index (χ1n) is 8.81. The molecule has 3 aliphatic rings. The van der Waals surface area contributed by atoms with Crippen LogP contribution in [-0.4, -0.2) is 37.5 Å². The topological polar surface area (TPSA) is 36.9 Å². The fourth-order valence-corrected chi connectivity index (χ4v) is 4.04. The van der Waals surface area contributed by atoms with Crippen molar-refractivity contribution in [2.75, 3.05) is 19.8 Å². The third-order valence-electron chi connectivity index (χ3n) is 5.34. The minimum Gasteiger partial charge on any atom is -0.373 e. The van der Waals surface area contributed by atoms with Crippen LogP contribution in [0.5, 0.6) is 0 Å². The van der Waals surface area contributed by atoms with Crippen molar-refractivity contribution in [3.05, 3.63) is 0 Å². The van der Waals surface area contributed by atoms with Gasteiger partial charge in [0.25, 0.3) is 0 Å². The van der Waals surface area contributed by atoms with Gasteiger partial charge in [-0.1, -0.05) is 26.2 Å². The zero-order chi connectivity index (χ0) is 14.8. The Labute approximate surface area is 128 Å². The van der Waals surface area contributed by atoms with Crippen LogP contribution in [0.3, 0.4) is 0 Å². The molecule has 4 heteroatoms. The summed E-state index contributed by atoms with van der Waals surface area (Å²) in [5, 5.41) is 0. The van der Waals surface area contributed by atoms with E-state index in [0.29, 0.717) is 19.1 Å². The number of hydrogen-bond donors (Lipinski definition) is 0. The highest BCUT2D eigenvalue weighted by atomic mass is 16.8. The molecule has 1 aliphatic carbocycles. The molecule has 2 heterocycles. The highest BCUT2D eigenvalue weighted by Crippen LogP contribution is 2.47. The van der Waals surface area contributed by atoms with Gasteiger partial charge in [-0.2, -0.15) is 0 Å². The van der Waals surface area contributed by atoms with Crippen molar-refractivity contribution in [2.24, 2.45) is 5.92 Å². The second-order valence-corrected chi connectivity index (χ2v) is 6.76. The Morgan fingerprint density at radius 1 is 1.10 bits per heavy atom. The smallest absolute Gasteiger partial charge is 0.197 e. The molecule has 2 aliphatic heterocycles.